The molecule has 0 aliphatic heterocycles. The predicted molar refractivity (Wildman–Crippen MR) is 174 cm³/mol. The molecule has 5 aromatic rings. The van der Waals surface area contributed by atoms with E-state index in [1.165, 1.54) is 24.3 Å². The molecule has 0 fully saturated rings. The zero-order chi connectivity index (χ0) is 36.9. The second kappa shape index (κ2) is 12.2. The van der Waals surface area contributed by atoms with Gasteiger partial charge >= 0.3 is 12.7 Å². The summed E-state index contributed by atoms with van der Waals surface area (Å²) < 4.78 is 85.7. The lowest BCUT2D eigenvalue weighted by atomic mass is 9.97. The van der Waals surface area contributed by atoms with Crippen molar-refractivity contribution in [2.24, 2.45) is 0 Å². The van der Waals surface area contributed by atoms with E-state index in [9.17, 15) is 36.9 Å². The Labute approximate surface area is 290 Å². The molecule has 2 aliphatic carbocycles. The fourth-order valence-corrected chi connectivity index (χ4v) is 6.19. The normalized spacial score (nSPS) is 14.3. The molecule has 1 aromatic heterocycles. The van der Waals surface area contributed by atoms with Crippen molar-refractivity contribution in [1.29, 1.82) is 10.5 Å². The van der Waals surface area contributed by atoms with E-state index in [-0.39, 0.29) is 45.3 Å². The monoisotopic (exact) mass is 700 g/mol. The summed E-state index contributed by atoms with van der Waals surface area (Å²) >= 11 is 0. The first-order valence-corrected chi connectivity index (χ1v) is 14.8. The Morgan fingerprint density at radius 1 is 0.538 bits per heavy atom. The van der Waals surface area contributed by atoms with Crippen molar-refractivity contribution < 1.29 is 35.8 Å². The smallest absolute Gasteiger partial charge is 0.406 e. The number of allylic oxidation sites excluding steroid dienone is 2. The maximum Gasteiger partial charge on any atom is 0.573 e. The topological polar surface area (TPSA) is 101 Å². The van der Waals surface area contributed by atoms with Gasteiger partial charge in [-0.05, 0) is 69.8 Å². The summed E-state index contributed by atoms with van der Waals surface area (Å²) in [5.74, 6) is -0.889. The van der Waals surface area contributed by atoms with Crippen molar-refractivity contribution in [3.8, 4) is 68.4 Å². The zero-order valence-electron chi connectivity index (χ0n) is 25.9. The molecule has 0 saturated carbocycles. The van der Waals surface area contributed by atoms with Gasteiger partial charge in [-0.3, -0.25) is 0 Å². The molecule has 1 heterocycles. The molecule has 52 heavy (non-hydrogen) atoms. The van der Waals surface area contributed by atoms with Gasteiger partial charge in [0.2, 0.25) is 0 Å². The first-order valence-electron chi connectivity index (χ1n) is 14.8. The summed E-state index contributed by atoms with van der Waals surface area (Å²) in [5.41, 5.74) is 3.53. The second-order valence-electron chi connectivity index (χ2n) is 11.2. The summed E-state index contributed by atoms with van der Waals surface area (Å²) in [6, 6.07) is 24.0. The van der Waals surface area contributed by atoms with E-state index in [1.54, 1.807) is 48.5 Å². The quantitative estimate of drug-likeness (QED) is 0.103. The van der Waals surface area contributed by atoms with Crippen molar-refractivity contribution in [2.45, 2.75) is 12.7 Å². The van der Waals surface area contributed by atoms with Crippen LogP contribution < -0.4 is 9.47 Å². The van der Waals surface area contributed by atoms with Crippen LogP contribution in [0.15, 0.2) is 96.3 Å². The molecule has 8 nitrogen and oxygen atoms in total. The first-order chi connectivity index (χ1) is 24.8. The third-order valence-corrected chi connectivity index (χ3v) is 8.17. The number of alkyl halides is 6. The van der Waals surface area contributed by atoms with Crippen LogP contribution in [-0.4, -0.2) is 22.7 Å². The molecule has 0 radical (unpaired) electrons. The molecule has 0 amide bonds. The number of ether oxygens (including phenoxy) is 2. The highest BCUT2D eigenvalue weighted by Crippen LogP contribution is 2.51. The van der Waals surface area contributed by atoms with Gasteiger partial charge in [0.05, 0.1) is 48.1 Å². The van der Waals surface area contributed by atoms with Crippen molar-refractivity contribution in [3.63, 3.8) is 0 Å². The molecule has 250 valence electrons. The van der Waals surface area contributed by atoms with Gasteiger partial charge < -0.3 is 9.47 Å². The standard InChI is InChI=1S/C38H14F6N6O2/c1-47-29(17-45)31-27-15-21(19-5-3-7-23(13-19)51-37(39,40)41)9-11-25(27)33-35(31)49-34-26-12-10-22(20-6-4-8-24(14-20)52-38(42,43)44)16-28(26)32(36(34)50-33)30(18-46)48-2/h3-16H/b31-29-,32-30+. The van der Waals surface area contributed by atoms with Gasteiger partial charge in [-0.25, -0.2) is 30.2 Å². The highest BCUT2D eigenvalue weighted by molar-refractivity contribution is 6.07. The number of nitrogens with zero attached hydrogens (tertiary/aromatic N) is 6. The molecule has 0 atom stereocenters. The number of halogens is 6. The van der Waals surface area contributed by atoms with Crippen molar-refractivity contribution in [1.82, 2.24) is 9.97 Å². The summed E-state index contributed by atoms with van der Waals surface area (Å²) in [6.07, 6.45) is -9.82. The predicted octanol–water partition coefficient (Wildman–Crippen LogP) is 9.97. The number of fused-ring (bicyclic) bond motifs is 6. The molecular weight excluding hydrogens is 686 g/mol. The van der Waals surface area contributed by atoms with E-state index >= 15 is 0 Å². The third kappa shape index (κ3) is 5.81. The maximum absolute atomic E-state index is 12.9. The average molecular weight is 701 g/mol. The lowest BCUT2D eigenvalue weighted by Gasteiger charge is -2.11. The SMILES string of the molecule is [C-]#[N+]/C(C#N)=C1/c2cc(-c3cccc(OC(F)(F)F)c3)ccc2-c2nc3c(nc21)-c1ccc(-c2cccc(OC(F)(F)F)c2)cc1/C3=C(/C#N)[N+]#[C-]. The number of nitriles is 2. The number of rotatable bonds is 4. The highest BCUT2D eigenvalue weighted by atomic mass is 19.4. The van der Waals surface area contributed by atoms with E-state index in [4.69, 9.17) is 23.1 Å². The van der Waals surface area contributed by atoms with Gasteiger partial charge in [-0.15, -0.1) is 26.3 Å². The second-order valence-corrected chi connectivity index (χ2v) is 11.2. The molecule has 0 bridgehead atoms. The van der Waals surface area contributed by atoms with E-state index in [0.29, 0.717) is 44.5 Å². The molecule has 0 saturated heterocycles. The average Bonchev–Trinajstić information content (AvgIpc) is 3.58. The van der Waals surface area contributed by atoms with Crippen LogP contribution >= 0.6 is 0 Å². The van der Waals surface area contributed by atoms with E-state index in [2.05, 4.69) is 19.2 Å². The fraction of sp³-hybridized carbons (Fsp3) is 0.0526. The van der Waals surface area contributed by atoms with Gasteiger partial charge in [0.1, 0.15) is 11.5 Å². The summed E-state index contributed by atoms with van der Waals surface area (Å²) in [6.45, 7) is 15.5. The molecule has 4 aromatic carbocycles. The van der Waals surface area contributed by atoms with Crippen molar-refractivity contribution >= 4 is 11.1 Å². The molecule has 0 unspecified atom stereocenters. The van der Waals surface area contributed by atoms with Crippen LogP contribution in [0.25, 0.3) is 65.6 Å². The summed E-state index contributed by atoms with van der Waals surface area (Å²) in [7, 11) is 0. The van der Waals surface area contributed by atoms with Crippen LogP contribution in [0.3, 0.4) is 0 Å². The summed E-state index contributed by atoms with van der Waals surface area (Å²) in [5, 5.41) is 20.0. The zero-order valence-corrected chi connectivity index (χ0v) is 25.9. The first kappa shape index (κ1) is 33.1. The number of aromatic nitrogens is 2. The van der Waals surface area contributed by atoms with Crippen molar-refractivity contribution in [2.75, 3.05) is 0 Å². The van der Waals surface area contributed by atoms with Gasteiger partial charge in [0.15, 0.2) is 0 Å². The third-order valence-electron chi connectivity index (χ3n) is 8.17. The van der Waals surface area contributed by atoms with Crippen LogP contribution in [-0.2, 0) is 0 Å². The molecular formula is C38H14F6N6O2. The minimum atomic E-state index is -4.91. The lowest BCUT2D eigenvalue weighted by molar-refractivity contribution is -0.275. The van der Waals surface area contributed by atoms with E-state index in [1.807, 2.05) is 12.1 Å². The Morgan fingerprint density at radius 2 is 0.923 bits per heavy atom. The number of benzene rings is 4. The fourth-order valence-electron chi connectivity index (χ4n) is 6.19. The Balaban J connectivity index is 1.40. The van der Waals surface area contributed by atoms with Gasteiger partial charge in [0.25, 0.3) is 11.4 Å². The largest absolute Gasteiger partial charge is 0.573 e. The minimum Gasteiger partial charge on any atom is -0.406 e. The van der Waals surface area contributed by atoms with Crippen LogP contribution in [0.1, 0.15) is 22.5 Å². The highest BCUT2D eigenvalue weighted by Gasteiger charge is 2.37. The lowest BCUT2D eigenvalue weighted by Crippen LogP contribution is -2.17. The van der Waals surface area contributed by atoms with Crippen LogP contribution in [0.2, 0.25) is 0 Å². The Morgan fingerprint density at radius 3 is 1.27 bits per heavy atom. The Bertz CT molecular complexity index is 2400. The van der Waals surface area contributed by atoms with Crippen LogP contribution in [0.5, 0.6) is 11.5 Å². The number of hydrogen-bond acceptors (Lipinski definition) is 6. The van der Waals surface area contributed by atoms with Gasteiger partial charge in [-0.2, -0.15) is 0 Å². The van der Waals surface area contributed by atoms with Crippen LogP contribution in [0, 0.1) is 35.8 Å². The van der Waals surface area contributed by atoms with E-state index < -0.39 is 24.2 Å². The van der Waals surface area contributed by atoms with Gasteiger partial charge in [-0.1, -0.05) is 48.5 Å². The minimum absolute atomic E-state index is 0.130. The van der Waals surface area contributed by atoms with Crippen molar-refractivity contribution in [3.05, 3.63) is 142 Å². The number of hydrogen-bond donors (Lipinski definition) is 0. The Kier molecular flexibility index (Phi) is 7.74. The molecule has 14 heteroatoms. The van der Waals surface area contributed by atoms with E-state index in [0.717, 1.165) is 12.1 Å². The summed E-state index contributed by atoms with van der Waals surface area (Å²) in [4.78, 5) is 16.5. The molecule has 2 aliphatic rings. The van der Waals surface area contributed by atoms with Gasteiger partial charge in [0, 0.05) is 22.3 Å². The maximum atomic E-state index is 12.9. The van der Waals surface area contributed by atoms with Crippen LogP contribution in [0.4, 0.5) is 26.3 Å². The molecule has 0 N–H and O–H groups in total. The molecule has 7 rings (SSSR count). The Hall–Kier alpha value is -7.42. The molecule has 0 spiro atoms.